The van der Waals surface area contributed by atoms with Crippen LogP contribution in [0, 0.1) is 22.2 Å². The number of carbonyl (C=O) groups is 2. The minimum atomic E-state index is -0.796. The molecule has 1 fully saturated rings. The van der Waals surface area contributed by atoms with E-state index in [0.717, 1.165) is 16.9 Å². The average Bonchev–Trinajstić information content (AvgIpc) is 2.56. The lowest BCUT2D eigenvalue weighted by atomic mass is 9.44. The van der Waals surface area contributed by atoms with Gasteiger partial charge in [0.15, 0.2) is 0 Å². The van der Waals surface area contributed by atoms with Crippen LogP contribution >= 0.6 is 0 Å². The van der Waals surface area contributed by atoms with E-state index in [1.54, 1.807) is 7.11 Å². The van der Waals surface area contributed by atoms with Crippen molar-refractivity contribution in [3.63, 3.8) is 0 Å². The first-order valence-electron chi connectivity index (χ1n) is 9.39. The molecule has 140 valence electrons. The van der Waals surface area contributed by atoms with E-state index < -0.39 is 5.41 Å². The highest BCUT2D eigenvalue weighted by Crippen LogP contribution is 2.63. The highest BCUT2D eigenvalue weighted by Gasteiger charge is 2.63. The quantitative estimate of drug-likeness (QED) is 0.557. The van der Waals surface area contributed by atoms with Crippen LogP contribution in [0.25, 0.3) is 0 Å². The summed E-state index contributed by atoms with van der Waals surface area (Å²) in [5.41, 5.74) is 0.961. The van der Waals surface area contributed by atoms with Crippen LogP contribution in [0.3, 0.4) is 0 Å². The van der Waals surface area contributed by atoms with Crippen LogP contribution in [0.4, 0.5) is 0 Å². The van der Waals surface area contributed by atoms with Gasteiger partial charge in [-0.05, 0) is 34.9 Å². The summed E-state index contributed by atoms with van der Waals surface area (Å²) in [5, 5.41) is 0. The van der Waals surface area contributed by atoms with Gasteiger partial charge in [0.2, 0.25) is 11.6 Å². The Kier molecular flexibility index (Phi) is 4.21. The average molecular weight is 354 g/mol. The van der Waals surface area contributed by atoms with Crippen molar-refractivity contribution in [1.82, 2.24) is 0 Å². The Labute approximate surface area is 156 Å². The highest BCUT2D eigenvalue weighted by molar-refractivity contribution is 6.43. The predicted octanol–water partition coefficient (Wildman–Crippen LogP) is 4.96. The molecule has 0 heterocycles. The lowest BCUT2D eigenvalue weighted by molar-refractivity contribution is -0.153. The zero-order chi connectivity index (χ0) is 19.5. The first-order valence-corrected chi connectivity index (χ1v) is 9.39. The molecule has 1 saturated carbocycles. The van der Waals surface area contributed by atoms with Gasteiger partial charge in [-0.1, -0.05) is 65.3 Å². The molecule has 0 unspecified atom stereocenters. The molecule has 3 nitrogen and oxygen atoms in total. The second-order valence-corrected chi connectivity index (χ2v) is 9.78. The molecule has 26 heavy (non-hydrogen) atoms. The molecule has 3 atom stereocenters. The van der Waals surface area contributed by atoms with Gasteiger partial charge in [-0.25, -0.2) is 0 Å². The number of Topliss-reactive ketones (excluding diaryl/α,β-unsaturated/α-hetero) is 2. The van der Waals surface area contributed by atoms with Gasteiger partial charge in [0.25, 0.3) is 0 Å². The molecule has 0 aromatic heterocycles. The summed E-state index contributed by atoms with van der Waals surface area (Å²) in [7, 11) is 1.65. The lowest BCUT2D eigenvalue weighted by Gasteiger charge is -2.56. The molecule has 0 radical (unpaired) electrons. The second kappa shape index (κ2) is 5.80. The van der Waals surface area contributed by atoms with Crippen molar-refractivity contribution in [2.45, 2.75) is 53.9 Å². The fraction of sp³-hybridized carbons (Fsp3) is 0.565. The van der Waals surface area contributed by atoms with Crippen molar-refractivity contribution in [3.8, 4) is 5.75 Å². The molecule has 3 aliphatic carbocycles. The van der Waals surface area contributed by atoms with Gasteiger partial charge in [0, 0.05) is 11.8 Å². The Morgan fingerprint density at radius 2 is 1.58 bits per heavy atom. The zero-order valence-electron chi connectivity index (χ0n) is 17.0. The monoisotopic (exact) mass is 354 g/mol. The standard InChI is InChI=1S/C23H30O3/c1-21(2,3)18-13-23(22(4,5)6)17(12-16(18)19(24)20(23)25)14-8-10-15(26-7)11-9-14/h8-11,13,16-17H,12H2,1-7H3/t16-,17-,23+/m1/s1. The fourth-order valence-corrected chi connectivity index (χ4v) is 4.88. The summed E-state index contributed by atoms with van der Waals surface area (Å²) in [5.74, 6) is 0.105. The number of fused-ring (bicyclic) bond motifs is 2. The molecule has 0 amide bonds. The topological polar surface area (TPSA) is 43.4 Å². The first kappa shape index (κ1) is 18.9. The van der Waals surface area contributed by atoms with Crippen molar-refractivity contribution in [3.05, 3.63) is 41.5 Å². The number of hydrogen-bond donors (Lipinski definition) is 0. The Balaban J connectivity index is 2.23. The summed E-state index contributed by atoms with van der Waals surface area (Å²) in [6, 6.07) is 7.96. The number of benzene rings is 1. The summed E-state index contributed by atoms with van der Waals surface area (Å²) in [4.78, 5) is 26.3. The third-order valence-corrected chi connectivity index (χ3v) is 6.32. The molecule has 0 spiro atoms. The summed E-state index contributed by atoms with van der Waals surface area (Å²) < 4.78 is 5.28. The molecule has 3 aliphatic rings. The van der Waals surface area contributed by atoms with Crippen LogP contribution < -0.4 is 4.74 Å². The van der Waals surface area contributed by atoms with E-state index in [4.69, 9.17) is 4.74 Å². The molecule has 1 aromatic carbocycles. The highest BCUT2D eigenvalue weighted by atomic mass is 16.5. The van der Waals surface area contributed by atoms with Gasteiger partial charge in [0.1, 0.15) is 5.75 Å². The van der Waals surface area contributed by atoms with E-state index in [9.17, 15) is 9.59 Å². The SMILES string of the molecule is COc1ccc([C@H]2C[C@H]3C(=O)C(=O)[C@]2(C(C)(C)C)C=C3C(C)(C)C)cc1. The molecule has 1 aromatic rings. The lowest BCUT2D eigenvalue weighted by Crippen LogP contribution is -2.59. The number of hydrogen-bond acceptors (Lipinski definition) is 3. The van der Waals surface area contributed by atoms with E-state index >= 15 is 0 Å². The van der Waals surface area contributed by atoms with Gasteiger partial charge in [-0.15, -0.1) is 0 Å². The molecule has 3 heteroatoms. The van der Waals surface area contributed by atoms with E-state index in [-0.39, 0.29) is 34.2 Å². The molecular formula is C23H30O3. The first-order chi connectivity index (χ1) is 11.9. The maximum atomic E-state index is 13.3. The molecule has 0 N–H and O–H groups in total. The largest absolute Gasteiger partial charge is 0.497 e. The number of rotatable bonds is 2. The molecule has 0 saturated heterocycles. The van der Waals surface area contributed by atoms with E-state index in [0.29, 0.717) is 6.42 Å². The Bertz CT molecular complexity index is 771. The predicted molar refractivity (Wildman–Crippen MR) is 103 cm³/mol. The fourth-order valence-electron chi connectivity index (χ4n) is 4.88. The number of methoxy groups -OCH3 is 1. The second-order valence-electron chi connectivity index (χ2n) is 9.78. The third-order valence-electron chi connectivity index (χ3n) is 6.32. The Morgan fingerprint density at radius 1 is 1.00 bits per heavy atom. The molecule has 4 rings (SSSR count). The van der Waals surface area contributed by atoms with Crippen LogP contribution in [-0.4, -0.2) is 18.7 Å². The van der Waals surface area contributed by atoms with Crippen LogP contribution in [-0.2, 0) is 9.59 Å². The molecule has 2 bridgehead atoms. The minimum Gasteiger partial charge on any atom is -0.497 e. The van der Waals surface area contributed by atoms with Crippen molar-refractivity contribution < 1.29 is 14.3 Å². The Morgan fingerprint density at radius 3 is 2.04 bits per heavy atom. The van der Waals surface area contributed by atoms with Crippen molar-refractivity contribution in [2.24, 2.45) is 22.2 Å². The van der Waals surface area contributed by atoms with E-state index in [1.165, 1.54) is 0 Å². The summed E-state index contributed by atoms with van der Waals surface area (Å²) in [6.07, 6.45) is 2.87. The maximum absolute atomic E-state index is 13.3. The number of allylic oxidation sites excluding steroid dienone is 2. The van der Waals surface area contributed by atoms with Crippen molar-refractivity contribution >= 4 is 11.6 Å². The molecule has 0 aliphatic heterocycles. The van der Waals surface area contributed by atoms with Crippen LogP contribution in [0.15, 0.2) is 35.9 Å². The van der Waals surface area contributed by atoms with Gasteiger partial charge < -0.3 is 4.74 Å². The van der Waals surface area contributed by atoms with Gasteiger partial charge in [-0.2, -0.15) is 0 Å². The van der Waals surface area contributed by atoms with Crippen LogP contribution in [0.5, 0.6) is 5.75 Å². The van der Waals surface area contributed by atoms with Crippen LogP contribution in [0.2, 0.25) is 0 Å². The van der Waals surface area contributed by atoms with Crippen molar-refractivity contribution in [1.29, 1.82) is 0 Å². The van der Waals surface area contributed by atoms with Gasteiger partial charge >= 0.3 is 0 Å². The summed E-state index contributed by atoms with van der Waals surface area (Å²) >= 11 is 0. The van der Waals surface area contributed by atoms with Crippen molar-refractivity contribution in [2.75, 3.05) is 7.11 Å². The Hall–Kier alpha value is -1.90. The third kappa shape index (κ3) is 2.55. The zero-order valence-corrected chi connectivity index (χ0v) is 17.0. The van der Waals surface area contributed by atoms with E-state index in [2.05, 4.69) is 47.6 Å². The number of ether oxygens (including phenoxy) is 1. The normalized spacial score (nSPS) is 29.0. The van der Waals surface area contributed by atoms with E-state index in [1.807, 2.05) is 24.3 Å². The maximum Gasteiger partial charge on any atom is 0.210 e. The van der Waals surface area contributed by atoms with Crippen LogP contribution in [0.1, 0.15) is 59.4 Å². The molecular weight excluding hydrogens is 324 g/mol. The van der Waals surface area contributed by atoms with Gasteiger partial charge in [0.05, 0.1) is 12.5 Å². The smallest absolute Gasteiger partial charge is 0.210 e. The summed E-state index contributed by atoms with van der Waals surface area (Å²) in [6.45, 7) is 12.6. The minimum absolute atomic E-state index is 0.00899. The number of carbonyl (C=O) groups excluding carboxylic acids is 2. The number of ketones is 2. The van der Waals surface area contributed by atoms with Gasteiger partial charge in [-0.3, -0.25) is 9.59 Å².